The molecule has 32 heavy (non-hydrogen) atoms. The van der Waals surface area contributed by atoms with Crippen LogP contribution in [-0.4, -0.2) is 66.9 Å². The molecule has 1 unspecified atom stereocenters. The van der Waals surface area contributed by atoms with Crippen molar-refractivity contribution >= 4 is 18.0 Å². The lowest BCUT2D eigenvalue weighted by atomic mass is 9.98. The van der Waals surface area contributed by atoms with E-state index in [0.29, 0.717) is 13.2 Å². The number of morpholine rings is 1. The number of aliphatic carboxylic acids is 1. The molecule has 2 aromatic carbocycles. The summed E-state index contributed by atoms with van der Waals surface area (Å²) in [4.78, 5) is 37.3. The molecule has 1 fully saturated rings. The average molecular weight is 438 g/mol. The smallest absolute Gasteiger partial charge is 0.407 e. The number of rotatable bonds is 7. The van der Waals surface area contributed by atoms with Crippen LogP contribution in [0.15, 0.2) is 48.5 Å². The second kappa shape index (κ2) is 9.82. The summed E-state index contributed by atoms with van der Waals surface area (Å²) in [5.74, 6) is -1.21. The number of hydrogen-bond donors (Lipinski definition) is 2. The van der Waals surface area contributed by atoms with Gasteiger partial charge in [0.15, 0.2) is 0 Å². The minimum Gasteiger partial charge on any atom is -0.481 e. The standard InChI is InChI=1S/C24H26N2O6/c27-22(26-11-12-31-14-16(26)13-23(28)29)9-10-25-24(30)32-15-21-19-7-3-1-5-17(19)18-6-2-4-8-20(18)21/h1-8,16,21H,9-15H2,(H,25,30)(H,28,29). The first-order valence-electron chi connectivity index (χ1n) is 10.7. The Balaban J connectivity index is 1.27. The van der Waals surface area contributed by atoms with Crippen LogP contribution < -0.4 is 5.32 Å². The number of benzene rings is 2. The Morgan fingerprint density at radius 2 is 1.72 bits per heavy atom. The molecule has 2 aromatic rings. The largest absolute Gasteiger partial charge is 0.481 e. The van der Waals surface area contributed by atoms with Gasteiger partial charge in [0, 0.05) is 25.4 Å². The topological polar surface area (TPSA) is 105 Å². The van der Waals surface area contributed by atoms with Crippen LogP contribution in [0.1, 0.15) is 29.9 Å². The van der Waals surface area contributed by atoms with Crippen molar-refractivity contribution in [3.63, 3.8) is 0 Å². The SMILES string of the molecule is O=C(O)CC1COCCN1C(=O)CCNC(=O)OCC1c2ccccc2-c2ccccc21. The van der Waals surface area contributed by atoms with Crippen molar-refractivity contribution in [3.05, 3.63) is 59.7 Å². The van der Waals surface area contributed by atoms with Crippen molar-refractivity contribution in [1.82, 2.24) is 10.2 Å². The van der Waals surface area contributed by atoms with Crippen molar-refractivity contribution in [2.75, 3.05) is 32.9 Å². The van der Waals surface area contributed by atoms with Gasteiger partial charge in [-0.3, -0.25) is 9.59 Å². The molecule has 1 saturated heterocycles. The van der Waals surface area contributed by atoms with Crippen LogP contribution in [0.4, 0.5) is 4.79 Å². The molecule has 2 amide bonds. The predicted octanol–water partition coefficient (Wildman–Crippen LogP) is 2.62. The number of carboxylic acids is 1. The summed E-state index contributed by atoms with van der Waals surface area (Å²) >= 11 is 0. The molecule has 1 heterocycles. The molecule has 0 bridgehead atoms. The van der Waals surface area contributed by atoms with Crippen molar-refractivity contribution in [2.24, 2.45) is 0 Å². The molecule has 8 nitrogen and oxygen atoms in total. The van der Waals surface area contributed by atoms with Gasteiger partial charge in [0.1, 0.15) is 6.61 Å². The zero-order valence-corrected chi connectivity index (χ0v) is 17.7. The quantitative estimate of drug-likeness (QED) is 0.689. The molecular weight excluding hydrogens is 412 g/mol. The molecule has 2 N–H and O–H groups in total. The van der Waals surface area contributed by atoms with E-state index in [-0.39, 0.29) is 44.4 Å². The van der Waals surface area contributed by atoms with Gasteiger partial charge >= 0.3 is 12.1 Å². The van der Waals surface area contributed by atoms with Crippen molar-refractivity contribution in [1.29, 1.82) is 0 Å². The van der Waals surface area contributed by atoms with Gasteiger partial charge < -0.3 is 24.8 Å². The van der Waals surface area contributed by atoms with E-state index >= 15 is 0 Å². The van der Waals surface area contributed by atoms with Crippen molar-refractivity contribution < 1.29 is 29.0 Å². The lowest BCUT2D eigenvalue weighted by Gasteiger charge is -2.34. The molecule has 1 aliphatic carbocycles. The first-order valence-corrected chi connectivity index (χ1v) is 10.7. The maximum absolute atomic E-state index is 12.5. The summed E-state index contributed by atoms with van der Waals surface area (Å²) in [5, 5.41) is 11.6. The first kappa shape index (κ1) is 21.8. The zero-order valence-electron chi connectivity index (χ0n) is 17.7. The van der Waals surface area contributed by atoms with Crippen LogP contribution in [0.25, 0.3) is 11.1 Å². The molecule has 168 valence electrons. The number of carbonyl (C=O) groups excluding carboxylic acids is 2. The van der Waals surface area contributed by atoms with Gasteiger partial charge in [-0.15, -0.1) is 0 Å². The summed E-state index contributed by atoms with van der Waals surface area (Å²) < 4.78 is 10.8. The number of hydrogen-bond acceptors (Lipinski definition) is 5. The van der Waals surface area contributed by atoms with E-state index < -0.39 is 18.1 Å². The van der Waals surface area contributed by atoms with E-state index in [1.807, 2.05) is 24.3 Å². The molecule has 8 heteroatoms. The fourth-order valence-electron chi connectivity index (χ4n) is 4.42. The zero-order chi connectivity index (χ0) is 22.5. The van der Waals surface area contributed by atoms with Gasteiger partial charge in [0.2, 0.25) is 5.91 Å². The summed E-state index contributed by atoms with van der Waals surface area (Å²) in [6.45, 7) is 1.26. The third-order valence-corrected chi connectivity index (χ3v) is 5.91. The normalized spacial score (nSPS) is 17.4. The van der Waals surface area contributed by atoms with Crippen LogP contribution in [0.2, 0.25) is 0 Å². The van der Waals surface area contributed by atoms with E-state index in [4.69, 9.17) is 14.6 Å². The van der Waals surface area contributed by atoms with Gasteiger partial charge in [-0.25, -0.2) is 4.79 Å². The Morgan fingerprint density at radius 1 is 1.06 bits per heavy atom. The Hall–Kier alpha value is -3.39. The molecule has 1 aliphatic heterocycles. The lowest BCUT2D eigenvalue weighted by Crippen LogP contribution is -2.50. The summed E-state index contributed by atoms with van der Waals surface area (Å²) in [6.07, 6.45) is -0.671. The number of alkyl carbamates (subject to hydrolysis) is 1. The van der Waals surface area contributed by atoms with Gasteiger partial charge in [-0.05, 0) is 22.3 Å². The molecule has 4 rings (SSSR count). The molecule has 0 spiro atoms. The molecule has 0 aromatic heterocycles. The predicted molar refractivity (Wildman–Crippen MR) is 116 cm³/mol. The summed E-state index contributed by atoms with van der Waals surface area (Å²) in [5.41, 5.74) is 4.58. The highest BCUT2D eigenvalue weighted by molar-refractivity contribution is 5.80. The molecule has 0 saturated carbocycles. The Morgan fingerprint density at radius 3 is 2.38 bits per heavy atom. The van der Waals surface area contributed by atoms with Crippen LogP contribution in [-0.2, 0) is 19.1 Å². The van der Waals surface area contributed by atoms with Crippen molar-refractivity contribution in [2.45, 2.75) is 24.8 Å². The highest BCUT2D eigenvalue weighted by Crippen LogP contribution is 2.44. The molecular formula is C24H26N2O6. The van der Waals surface area contributed by atoms with Crippen molar-refractivity contribution in [3.8, 4) is 11.1 Å². The fraction of sp³-hybridized carbons (Fsp3) is 0.375. The van der Waals surface area contributed by atoms with Gasteiger partial charge in [0.05, 0.1) is 25.7 Å². The second-order valence-corrected chi connectivity index (χ2v) is 7.92. The molecule has 2 aliphatic rings. The maximum Gasteiger partial charge on any atom is 0.407 e. The number of amides is 2. The van der Waals surface area contributed by atoms with Gasteiger partial charge in [-0.2, -0.15) is 0 Å². The number of carboxylic acid groups (broad SMARTS) is 1. The van der Waals surface area contributed by atoms with E-state index in [2.05, 4.69) is 29.6 Å². The summed E-state index contributed by atoms with van der Waals surface area (Å²) in [6, 6.07) is 15.7. The molecule has 1 atom stereocenters. The van der Waals surface area contributed by atoms with E-state index in [1.165, 1.54) is 4.90 Å². The Bertz CT molecular complexity index is 962. The van der Waals surface area contributed by atoms with E-state index in [9.17, 15) is 14.4 Å². The van der Waals surface area contributed by atoms with Crippen LogP contribution in [0, 0.1) is 0 Å². The minimum absolute atomic E-state index is 0.0279. The number of carbonyl (C=O) groups is 3. The first-order chi connectivity index (χ1) is 15.5. The fourth-order valence-corrected chi connectivity index (χ4v) is 4.42. The van der Waals surface area contributed by atoms with Crippen LogP contribution >= 0.6 is 0 Å². The third kappa shape index (κ3) is 4.75. The van der Waals surface area contributed by atoms with E-state index in [1.54, 1.807) is 0 Å². The van der Waals surface area contributed by atoms with E-state index in [0.717, 1.165) is 22.3 Å². The monoisotopic (exact) mass is 438 g/mol. The van der Waals surface area contributed by atoms with Crippen LogP contribution in [0.3, 0.4) is 0 Å². The third-order valence-electron chi connectivity index (χ3n) is 5.91. The summed E-state index contributed by atoms with van der Waals surface area (Å²) in [7, 11) is 0. The minimum atomic E-state index is -0.977. The number of nitrogens with one attached hydrogen (secondary N) is 1. The highest BCUT2D eigenvalue weighted by atomic mass is 16.5. The number of fused-ring (bicyclic) bond motifs is 3. The highest BCUT2D eigenvalue weighted by Gasteiger charge is 2.30. The van der Waals surface area contributed by atoms with Gasteiger partial charge in [-0.1, -0.05) is 48.5 Å². The van der Waals surface area contributed by atoms with Gasteiger partial charge in [0.25, 0.3) is 0 Å². The average Bonchev–Trinajstić information content (AvgIpc) is 3.11. The second-order valence-electron chi connectivity index (χ2n) is 7.92. The lowest BCUT2D eigenvalue weighted by molar-refractivity contribution is -0.146. The number of ether oxygens (including phenoxy) is 2. The Kier molecular flexibility index (Phi) is 6.70. The van der Waals surface area contributed by atoms with Crippen LogP contribution in [0.5, 0.6) is 0 Å². The Labute approximate surface area is 186 Å². The molecule has 0 radical (unpaired) electrons. The maximum atomic E-state index is 12.5. The number of nitrogens with zero attached hydrogens (tertiary/aromatic N) is 1.